The molecular formula is C85H127NO3S. The number of thiophene rings is 1. The van der Waals surface area contributed by atoms with E-state index in [4.69, 9.17) is 0 Å². The van der Waals surface area contributed by atoms with E-state index in [0.29, 0.717) is 13.2 Å². The predicted octanol–water partition coefficient (Wildman–Crippen LogP) is 24.0. The van der Waals surface area contributed by atoms with Gasteiger partial charge >= 0.3 is 0 Å². The van der Waals surface area contributed by atoms with E-state index < -0.39 is 0 Å². The lowest BCUT2D eigenvalue weighted by Gasteiger charge is -1.79. The van der Waals surface area contributed by atoms with Crippen LogP contribution in [0.4, 0.5) is 0 Å². The van der Waals surface area contributed by atoms with E-state index in [0.717, 1.165) is 77.0 Å². The molecule has 0 N–H and O–H groups in total. The fourth-order valence-electron chi connectivity index (χ4n) is 3.70. The molecule has 3 heterocycles. The molecule has 0 aliphatic carbocycles. The van der Waals surface area contributed by atoms with Crippen molar-refractivity contribution in [3.8, 4) is 130 Å². The Labute approximate surface area is 566 Å². The van der Waals surface area contributed by atoms with E-state index in [1.807, 2.05) is 251 Å². The first-order valence-corrected chi connectivity index (χ1v) is 31.3. The van der Waals surface area contributed by atoms with E-state index in [-0.39, 0.29) is 14.9 Å². The van der Waals surface area contributed by atoms with Crippen LogP contribution in [0, 0.1) is 130 Å². The average Bonchev–Trinajstić information content (AvgIpc) is 4.39. The van der Waals surface area contributed by atoms with Crippen LogP contribution in [0.3, 0.4) is 0 Å². The molecule has 0 saturated heterocycles. The summed E-state index contributed by atoms with van der Waals surface area (Å²) in [4.78, 5) is 3.78. The van der Waals surface area contributed by atoms with Crippen molar-refractivity contribution in [3.05, 3.63) is 151 Å². The lowest BCUT2D eigenvalue weighted by Crippen LogP contribution is -1.79. The van der Waals surface area contributed by atoms with Gasteiger partial charge in [0, 0.05) is 104 Å². The van der Waals surface area contributed by atoms with Gasteiger partial charge in [-0.1, -0.05) is 201 Å². The smallest absolute Gasteiger partial charge is 0.107 e. The molecule has 0 spiro atoms. The molecule has 3 aromatic heterocycles. The minimum absolute atomic E-state index is 0. The summed E-state index contributed by atoms with van der Waals surface area (Å²) in [6.45, 7) is 40.4. The molecule has 4 nitrogen and oxygen atoms in total. The largest absolute Gasteiger partial charge is 0.473 e. The number of furan rings is 1. The zero-order valence-electron chi connectivity index (χ0n) is 59.4. The second-order valence-electron chi connectivity index (χ2n) is 14.5. The van der Waals surface area contributed by atoms with Crippen molar-refractivity contribution in [2.75, 3.05) is 27.4 Å². The van der Waals surface area contributed by atoms with Crippen LogP contribution in [-0.4, -0.2) is 32.4 Å². The Kier molecular flexibility index (Phi) is 193. The van der Waals surface area contributed by atoms with Gasteiger partial charge in [-0.05, 0) is 90.4 Å². The van der Waals surface area contributed by atoms with E-state index >= 15 is 0 Å². The summed E-state index contributed by atoms with van der Waals surface area (Å²) in [6.07, 6.45) is 18.4. The molecule has 5 aromatic rings. The van der Waals surface area contributed by atoms with Gasteiger partial charge in [0.1, 0.15) is 13.2 Å². The molecule has 5 rings (SSSR count). The molecule has 0 unspecified atom stereocenters. The van der Waals surface area contributed by atoms with Crippen LogP contribution in [-0.2, 0) is 9.47 Å². The Morgan fingerprint density at radius 3 is 0.544 bits per heavy atom. The summed E-state index contributed by atoms with van der Waals surface area (Å²) in [5, 5.41) is 4.08. The molecule has 2 aromatic carbocycles. The number of benzene rings is 2. The minimum Gasteiger partial charge on any atom is -0.473 e. The summed E-state index contributed by atoms with van der Waals surface area (Å²) in [7, 11) is 3.29. The summed E-state index contributed by atoms with van der Waals surface area (Å²) in [5.41, 5.74) is 0. The lowest BCUT2D eigenvalue weighted by atomic mass is 10.4. The number of ether oxygens (including phenoxy) is 2. The van der Waals surface area contributed by atoms with Gasteiger partial charge in [0.15, 0.2) is 0 Å². The zero-order valence-corrected chi connectivity index (χ0v) is 60.2. The van der Waals surface area contributed by atoms with Crippen LogP contribution in [0.1, 0.15) is 230 Å². The molecule has 0 saturated carbocycles. The molecule has 0 atom stereocenters. The minimum atomic E-state index is 0. The molecule has 5 heteroatoms. The van der Waals surface area contributed by atoms with Gasteiger partial charge in [-0.2, -0.15) is 11.3 Å². The highest BCUT2D eigenvalue weighted by molar-refractivity contribution is 7.07. The third-order valence-corrected chi connectivity index (χ3v) is 7.72. The van der Waals surface area contributed by atoms with Crippen molar-refractivity contribution >= 4 is 11.3 Å². The van der Waals surface area contributed by atoms with E-state index in [2.05, 4.69) is 163 Å². The molecule has 0 fully saturated rings. The number of aromatic nitrogens is 1. The zero-order chi connectivity index (χ0) is 68.7. The topological polar surface area (TPSA) is 44.5 Å². The van der Waals surface area contributed by atoms with Crippen LogP contribution in [0.2, 0.25) is 0 Å². The Morgan fingerprint density at radius 1 is 0.267 bits per heavy atom. The van der Waals surface area contributed by atoms with E-state index in [9.17, 15) is 0 Å². The van der Waals surface area contributed by atoms with Crippen LogP contribution < -0.4 is 0 Å². The Bertz CT molecular complexity index is 2110. The van der Waals surface area contributed by atoms with Gasteiger partial charge < -0.3 is 13.9 Å². The first-order valence-electron chi connectivity index (χ1n) is 30.4. The first kappa shape index (κ1) is 113. The molecular weight excluding hydrogens is 1120 g/mol. The van der Waals surface area contributed by atoms with Crippen LogP contribution in [0.15, 0.2) is 155 Å². The second-order valence-corrected chi connectivity index (χ2v) is 15.3. The normalized spacial score (nSPS) is 6.33. The lowest BCUT2D eigenvalue weighted by molar-refractivity contribution is 0.239. The quantitative estimate of drug-likeness (QED) is 0.165. The van der Waals surface area contributed by atoms with E-state index in [1.165, 1.54) is 0 Å². The SMILES string of the molecule is C.C.CC#CCC.CC#CCC.CC#CCC.CC#CCC.CC#CCC.CC#CCC.CC#CCC.CC#CCC.CCC#CCC.CCC#CCOC.CCC#CCOC.c1ccccc1.c1ccccc1.c1ccncc1.c1ccoc1.c1ccsc1. The Morgan fingerprint density at radius 2 is 0.456 bits per heavy atom. The van der Waals surface area contributed by atoms with Crippen molar-refractivity contribution in [3.63, 3.8) is 0 Å². The molecule has 496 valence electrons. The second kappa shape index (κ2) is 154. The van der Waals surface area contributed by atoms with Gasteiger partial charge in [-0.15, -0.1) is 118 Å². The maximum atomic E-state index is 4.67. The van der Waals surface area contributed by atoms with Crippen molar-refractivity contribution in [1.29, 1.82) is 0 Å². The first-order chi connectivity index (χ1) is 43.1. The van der Waals surface area contributed by atoms with Crippen molar-refractivity contribution in [2.45, 2.75) is 230 Å². The summed E-state index contributed by atoms with van der Waals surface area (Å²) >= 11 is 1.71. The predicted molar refractivity (Wildman–Crippen MR) is 412 cm³/mol. The number of methoxy groups -OCH3 is 2. The molecule has 0 bridgehead atoms. The van der Waals surface area contributed by atoms with Gasteiger partial charge in [0.2, 0.25) is 0 Å². The van der Waals surface area contributed by atoms with Gasteiger partial charge in [-0.3, -0.25) is 4.98 Å². The summed E-state index contributed by atoms with van der Waals surface area (Å²) in [5.74, 6) is 62.3. The maximum absolute atomic E-state index is 4.67. The number of nitrogens with zero attached hydrogens (tertiary/aromatic N) is 1. The number of pyridine rings is 1. The molecule has 0 radical (unpaired) electrons. The van der Waals surface area contributed by atoms with Gasteiger partial charge in [0.05, 0.1) is 12.5 Å². The molecule has 0 aliphatic rings. The van der Waals surface area contributed by atoms with Crippen molar-refractivity contribution in [2.24, 2.45) is 0 Å². The fourth-order valence-corrected chi connectivity index (χ4v) is 4.15. The van der Waals surface area contributed by atoms with Crippen LogP contribution >= 0.6 is 11.3 Å². The molecule has 0 aliphatic heterocycles. The standard InChI is InChI=1S/2C6H10O.2C6H6.C6H10.C5H5N.8C5H8.C4H4O.C4H4S.2CH4/c2*1-3-4-5-6-7-2;2*1-2-4-6-5-3-1;1-3-5-6-4-2;1-2-4-6-5-3-1;8*1-3-5-4-2;2*1-2-4-5-3-1;;/h2*3,6H2,1-2H3;2*1-6H;3-4H2,1-2H3;1-5H;8*3H2,1-2H3;2*1-4H;2*1H4. The summed E-state index contributed by atoms with van der Waals surface area (Å²) in [6, 6.07) is 37.4. The molecule has 0 amide bonds. The fraction of sp³-hybridized carbons (Fsp3) is 0.447. The van der Waals surface area contributed by atoms with Gasteiger partial charge in [-0.25, -0.2) is 0 Å². The van der Waals surface area contributed by atoms with Gasteiger partial charge in [0.25, 0.3) is 0 Å². The Hall–Kier alpha value is -8.35. The number of rotatable bonds is 2. The number of hydrogen-bond acceptors (Lipinski definition) is 5. The maximum Gasteiger partial charge on any atom is 0.107 e. The van der Waals surface area contributed by atoms with Crippen molar-refractivity contribution < 1.29 is 13.9 Å². The number of hydrogen-bond donors (Lipinski definition) is 0. The highest BCUT2D eigenvalue weighted by Gasteiger charge is 1.66. The Balaban J connectivity index is -0.0000000639. The van der Waals surface area contributed by atoms with Crippen molar-refractivity contribution in [1.82, 2.24) is 4.98 Å². The highest BCUT2D eigenvalue weighted by atomic mass is 32.1. The molecule has 90 heavy (non-hydrogen) atoms. The average molecular weight is 1240 g/mol. The van der Waals surface area contributed by atoms with E-state index in [1.54, 1.807) is 50.5 Å². The highest BCUT2D eigenvalue weighted by Crippen LogP contribution is 1.91. The van der Waals surface area contributed by atoms with Crippen LogP contribution in [0.5, 0.6) is 0 Å². The third kappa shape index (κ3) is 226. The third-order valence-electron chi connectivity index (χ3n) is 7.09. The van der Waals surface area contributed by atoms with Crippen LogP contribution in [0.25, 0.3) is 0 Å². The summed E-state index contributed by atoms with van der Waals surface area (Å²) < 4.78 is 13.9. The monoisotopic (exact) mass is 1240 g/mol.